The lowest BCUT2D eigenvalue weighted by Gasteiger charge is -2.14. The van der Waals surface area contributed by atoms with E-state index in [2.05, 4.69) is 26.1 Å². The molecule has 0 bridgehead atoms. The second-order valence-corrected chi connectivity index (χ2v) is 6.05. The summed E-state index contributed by atoms with van der Waals surface area (Å²) >= 11 is 0. The number of fused-ring (bicyclic) bond motifs is 1. The van der Waals surface area contributed by atoms with E-state index in [1.165, 1.54) is 0 Å². The van der Waals surface area contributed by atoms with Crippen molar-refractivity contribution in [2.24, 2.45) is 5.92 Å². The van der Waals surface area contributed by atoms with Gasteiger partial charge in [-0.15, -0.1) is 0 Å². The summed E-state index contributed by atoms with van der Waals surface area (Å²) in [7, 11) is 0. The average Bonchev–Trinajstić information content (AvgIpc) is 2.92. The van der Waals surface area contributed by atoms with Crippen LogP contribution in [0.3, 0.4) is 0 Å². The minimum absolute atomic E-state index is 0.274. The van der Waals surface area contributed by atoms with Crippen molar-refractivity contribution < 1.29 is 14.2 Å². The Kier molecular flexibility index (Phi) is 6.33. The highest BCUT2D eigenvalue weighted by molar-refractivity contribution is 5.44. The molecule has 0 spiro atoms. The van der Waals surface area contributed by atoms with Crippen LogP contribution in [0.5, 0.6) is 11.5 Å². The smallest absolute Gasteiger partial charge is 0.231 e. The fraction of sp³-hybridized carbons (Fsp3) is 0.647. The first kappa shape index (κ1) is 16.1. The Morgan fingerprint density at radius 1 is 1.19 bits per heavy atom. The summed E-state index contributed by atoms with van der Waals surface area (Å²) in [5.41, 5.74) is 1.13. The van der Waals surface area contributed by atoms with Gasteiger partial charge < -0.3 is 19.5 Å². The quantitative estimate of drug-likeness (QED) is 0.709. The van der Waals surface area contributed by atoms with Gasteiger partial charge in [0.2, 0.25) is 6.79 Å². The van der Waals surface area contributed by atoms with E-state index in [0.29, 0.717) is 19.3 Å². The van der Waals surface area contributed by atoms with E-state index in [9.17, 15) is 0 Å². The van der Waals surface area contributed by atoms with Crippen molar-refractivity contribution >= 4 is 0 Å². The maximum absolute atomic E-state index is 5.89. The van der Waals surface area contributed by atoms with E-state index < -0.39 is 0 Å². The lowest BCUT2D eigenvalue weighted by Crippen LogP contribution is -2.21. The second kappa shape index (κ2) is 8.25. The Balaban J connectivity index is 1.61. The third-order valence-corrected chi connectivity index (χ3v) is 3.49. The van der Waals surface area contributed by atoms with E-state index in [4.69, 9.17) is 14.2 Å². The number of ether oxygens (including phenoxy) is 3. The maximum Gasteiger partial charge on any atom is 0.231 e. The summed E-state index contributed by atoms with van der Waals surface area (Å²) < 4.78 is 16.6. The fourth-order valence-electron chi connectivity index (χ4n) is 2.26. The highest BCUT2D eigenvalue weighted by atomic mass is 16.7. The molecule has 0 aromatic heterocycles. The lowest BCUT2D eigenvalue weighted by atomic mass is 10.2. The average molecular weight is 293 g/mol. The highest BCUT2D eigenvalue weighted by Gasteiger charge is 2.13. The van der Waals surface area contributed by atoms with Gasteiger partial charge in [0.05, 0.1) is 12.7 Å². The van der Waals surface area contributed by atoms with Crippen LogP contribution < -0.4 is 14.8 Å². The third kappa shape index (κ3) is 5.56. The summed E-state index contributed by atoms with van der Waals surface area (Å²) in [5.74, 6) is 2.36. The van der Waals surface area contributed by atoms with Gasteiger partial charge in [-0.3, -0.25) is 0 Å². The van der Waals surface area contributed by atoms with Gasteiger partial charge in [-0.2, -0.15) is 0 Å². The van der Waals surface area contributed by atoms with Crippen LogP contribution in [-0.2, 0) is 11.3 Å². The summed E-state index contributed by atoms with van der Waals surface area (Å²) in [6.45, 7) is 9.68. The van der Waals surface area contributed by atoms with Crippen molar-refractivity contribution in [3.63, 3.8) is 0 Å². The van der Waals surface area contributed by atoms with Gasteiger partial charge >= 0.3 is 0 Å². The van der Waals surface area contributed by atoms with Crippen molar-refractivity contribution in [2.75, 3.05) is 19.9 Å². The molecule has 0 saturated carbocycles. The topological polar surface area (TPSA) is 39.7 Å². The first-order valence-electron chi connectivity index (χ1n) is 7.86. The van der Waals surface area contributed by atoms with Gasteiger partial charge in [-0.25, -0.2) is 0 Å². The van der Waals surface area contributed by atoms with Crippen LogP contribution in [-0.4, -0.2) is 26.0 Å². The van der Waals surface area contributed by atoms with Gasteiger partial charge in [0.1, 0.15) is 0 Å². The molecule has 2 rings (SSSR count). The second-order valence-electron chi connectivity index (χ2n) is 6.05. The molecule has 1 aliphatic heterocycles. The molecule has 0 fully saturated rings. The molecule has 0 aliphatic carbocycles. The van der Waals surface area contributed by atoms with Crippen LogP contribution in [0.2, 0.25) is 0 Å². The van der Waals surface area contributed by atoms with E-state index in [1.807, 2.05) is 18.2 Å². The number of hydrogen-bond acceptors (Lipinski definition) is 4. The lowest BCUT2D eigenvalue weighted by molar-refractivity contribution is 0.0463. The van der Waals surface area contributed by atoms with Crippen molar-refractivity contribution in [1.82, 2.24) is 5.32 Å². The molecule has 4 nitrogen and oxygen atoms in total. The van der Waals surface area contributed by atoms with E-state index in [0.717, 1.165) is 43.0 Å². The van der Waals surface area contributed by atoms with Crippen LogP contribution in [0, 0.1) is 5.92 Å². The molecule has 1 aliphatic rings. The maximum atomic E-state index is 5.89. The number of nitrogens with one attached hydrogen (secondary N) is 1. The predicted octanol–water partition coefficient (Wildman–Crippen LogP) is 3.35. The largest absolute Gasteiger partial charge is 0.454 e. The minimum Gasteiger partial charge on any atom is -0.454 e. The molecule has 1 unspecified atom stereocenters. The first-order chi connectivity index (χ1) is 10.1. The zero-order valence-corrected chi connectivity index (χ0v) is 13.4. The predicted molar refractivity (Wildman–Crippen MR) is 83.8 cm³/mol. The minimum atomic E-state index is 0.274. The zero-order chi connectivity index (χ0) is 15.1. The van der Waals surface area contributed by atoms with Crippen molar-refractivity contribution in [3.05, 3.63) is 23.8 Å². The normalized spacial score (nSPS) is 14.7. The van der Waals surface area contributed by atoms with Gasteiger partial charge in [-0.05, 0) is 56.5 Å². The van der Waals surface area contributed by atoms with Crippen LogP contribution in [0.1, 0.15) is 39.2 Å². The first-order valence-corrected chi connectivity index (χ1v) is 7.86. The number of rotatable bonds is 9. The van der Waals surface area contributed by atoms with Gasteiger partial charge in [0, 0.05) is 0 Å². The van der Waals surface area contributed by atoms with Gasteiger partial charge in [0.25, 0.3) is 0 Å². The Bertz CT molecular complexity index is 434. The van der Waals surface area contributed by atoms with E-state index in [-0.39, 0.29) is 6.10 Å². The molecule has 0 saturated heterocycles. The Labute approximate surface area is 127 Å². The van der Waals surface area contributed by atoms with E-state index in [1.54, 1.807) is 0 Å². The van der Waals surface area contributed by atoms with Gasteiger partial charge in [0.15, 0.2) is 11.5 Å². The Morgan fingerprint density at radius 3 is 2.81 bits per heavy atom. The van der Waals surface area contributed by atoms with Crippen LogP contribution in [0.25, 0.3) is 0 Å². The van der Waals surface area contributed by atoms with E-state index >= 15 is 0 Å². The zero-order valence-electron chi connectivity index (χ0n) is 13.4. The SMILES string of the molecule is CC(C)CNCCCC(C)OCc1ccc2c(c1)OCO2. The van der Waals surface area contributed by atoms with Crippen molar-refractivity contribution in [2.45, 2.75) is 46.3 Å². The third-order valence-electron chi connectivity index (χ3n) is 3.49. The molecule has 1 N–H and O–H groups in total. The Hall–Kier alpha value is -1.26. The fourth-order valence-corrected chi connectivity index (χ4v) is 2.26. The summed E-state index contributed by atoms with van der Waals surface area (Å²) in [4.78, 5) is 0. The van der Waals surface area contributed by atoms with Crippen LogP contribution in [0.4, 0.5) is 0 Å². The number of benzene rings is 1. The molecule has 1 heterocycles. The standard InChI is InChI=1S/C17H27NO3/c1-13(2)10-18-8-4-5-14(3)19-11-15-6-7-16-17(9-15)21-12-20-16/h6-7,9,13-14,18H,4-5,8,10-12H2,1-3H3. The molecule has 4 heteroatoms. The molecular formula is C17H27NO3. The van der Waals surface area contributed by atoms with Crippen LogP contribution in [0.15, 0.2) is 18.2 Å². The molecule has 1 aromatic carbocycles. The Morgan fingerprint density at radius 2 is 2.00 bits per heavy atom. The molecule has 118 valence electrons. The number of hydrogen-bond donors (Lipinski definition) is 1. The van der Waals surface area contributed by atoms with Gasteiger partial charge in [-0.1, -0.05) is 19.9 Å². The molecule has 1 atom stereocenters. The molecule has 1 aromatic rings. The molecule has 21 heavy (non-hydrogen) atoms. The summed E-state index contributed by atoms with van der Waals surface area (Å²) in [6.07, 6.45) is 2.50. The molecule has 0 radical (unpaired) electrons. The summed E-state index contributed by atoms with van der Waals surface area (Å²) in [5, 5.41) is 3.46. The van der Waals surface area contributed by atoms with Crippen LogP contribution >= 0.6 is 0 Å². The molecule has 0 amide bonds. The monoisotopic (exact) mass is 293 g/mol. The van der Waals surface area contributed by atoms with Crippen molar-refractivity contribution in [3.8, 4) is 11.5 Å². The summed E-state index contributed by atoms with van der Waals surface area (Å²) in [6, 6.07) is 5.98. The van der Waals surface area contributed by atoms with Crippen molar-refractivity contribution in [1.29, 1.82) is 0 Å². The highest BCUT2D eigenvalue weighted by Crippen LogP contribution is 2.32. The molecular weight excluding hydrogens is 266 g/mol.